The highest BCUT2D eigenvalue weighted by molar-refractivity contribution is 6.74. The van der Waals surface area contributed by atoms with Gasteiger partial charge in [-0.05, 0) is 36.3 Å². The predicted octanol–water partition coefficient (Wildman–Crippen LogP) is 4.93. The summed E-state index contributed by atoms with van der Waals surface area (Å²) in [6.07, 6.45) is -0.868. The summed E-state index contributed by atoms with van der Waals surface area (Å²) in [5, 5.41) is -0.613. The van der Waals surface area contributed by atoms with Gasteiger partial charge in [0.25, 0.3) is 0 Å². The SMILES string of the molecule is CC(C)(C)[Si](C)(C)OC[C@H]1OC(=O)C(Cl)[C@H]1O[Si](C)(C)C(C)(C)C. The van der Waals surface area contributed by atoms with E-state index in [4.69, 9.17) is 25.2 Å². The van der Waals surface area contributed by atoms with Crippen LogP contribution in [0.1, 0.15) is 41.5 Å². The molecule has 0 saturated carbocycles. The monoisotopic (exact) mass is 394 g/mol. The summed E-state index contributed by atoms with van der Waals surface area (Å²) >= 11 is 6.30. The maximum absolute atomic E-state index is 12.0. The summed E-state index contributed by atoms with van der Waals surface area (Å²) in [7, 11) is -3.98. The van der Waals surface area contributed by atoms with Gasteiger partial charge < -0.3 is 13.6 Å². The minimum Gasteiger partial charge on any atom is -0.456 e. The summed E-state index contributed by atoms with van der Waals surface area (Å²) < 4.78 is 18.1. The smallest absolute Gasteiger partial charge is 0.327 e. The van der Waals surface area contributed by atoms with Crippen LogP contribution < -0.4 is 0 Å². The molecule has 0 aromatic carbocycles. The van der Waals surface area contributed by atoms with Crippen LogP contribution in [0.3, 0.4) is 0 Å². The van der Waals surface area contributed by atoms with E-state index in [0.717, 1.165) is 0 Å². The average molecular weight is 395 g/mol. The molecule has 24 heavy (non-hydrogen) atoms. The first-order valence-electron chi connectivity index (χ1n) is 8.66. The molecule has 1 rings (SSSR count). The highest BCUT2D eigenvalue weighted by Crippen LogP contribution is 2.41. The molecule has 0 amide bonds. The minimum atomic E-state index is -2.06. The van der Waals surface area contributed by atoms with Gasteiger partial charge in [-0.15, -0.1) is 11.6 Å². The second kappa shape index (κ2) is 7.02. The van der Waals surface area contributed by atoms with Gasteiger partial charge in [-0.25, -0.2) is 0 Å². The molecule has 0 bridgehead atoms. The molecular weight excluding hydrogens is 360 g/mol. The Morgan fingerprint density at radius 1 is 1.00 bits per heavy atom. The van der Waals surface area contributed by atoms with Crippen molar-refractivity contribution in [2.45, 2.75) is 95.4 Å². The number of halogens is 1. The van der Waals surface area contributed by atoms with E-state index in [0.29, 0.717) is 6.61 Å². The van der Waals surface area contributed by atoms with Crippen LogP contribution in [0.15, 0.2) is 0 Å². The molecule has 0 aliphatic carbocycles. The molecule has 142 valence electrons. The summed E-state index contributed by atoms with van der Waals surface area (Å²) in [5.74, 6) is -0.399. The highest BCUT2D eigenvalue weighted by Gasteiger charge is 2.50. The van der Waals surface area contributed by atoms with Crippen LogP contribution in [-0.2, 0) is 18.4 Å². The molecule has 1 fully saturated rings. The molecule has 7 heteroatoms. The largest absolute Gasteiger partial charge is 0.456 e. The van der Waals surface area contributed by atoms with Gasteiger partial charge in [-0.3, -0.25) is 4.79 Å². The van der Waals surface area contributed by atoms with Gasteiger partial charge >= 0.3 is 5.97 Å². The Labute approximate surface area is 154 Å². The second-order valence-corrected chi connectivity index (χ2v) is 19.8. The zero-order valence-electron chi connectivity index (χ0n) is 17.0. The normalized spacial score (nSPS) is 26.6. The van der Waals surface area contributed by atoms with Crippen molar-refractivity contribution in [3.8, 4) is 0 Å². The fourth-order valence-corrected chi connectivity index (χ4v) is 4.58. The number of rotatable bonds is 5. The molecule has 0 aromatic heterocycles. The molecule has 0 aromatic rings. The first-order valence-corrected chi connectivity index (χ1v) is 14.9. The third-order valence-electron chi connectivity index (χ3n) is 5.80. The van der Waals surface area contributed by atoms with Crippen molar-refractivity contribution in [1.82, 2.24) is 0 Å². The summed E-state index contributed by atoms with van der Waals surface area (Å²) in [6.45, 7) is 22.1. The number of hydrogen-bond acceptors (Lipinski definition) is 4. The zero-order chi connectivity index (χ0) is 19.1. The van der Waals surface area contributed by atoms with E-state index in [1.165, 1.54) is 0 Å². The Kier molecular flexibility index (Phi) is 6.48. The molecule has 1 unspecified atom stereocenters. The van der Waals surface area contributed by atoms with Gasteiger partial charge in [-0.2, -0.15) is 0 Å². The Balaban J connectivity index is 2.88. The number of alkyl halides is 1. The first kappa shape index (κ1) is 22.2. The molecule has 3 atom stereocenters. The van der Waals surface area contributed by atoms with Crippen molar-refractivity contribution in [2.24, 2.45) is 0 Å². The second-order valence-electron chi connectivity index (χ2n) is 9.79. The van der Waals surface area contributed by atoms with Crippen molar-refractivity contribution in [3.05, 3.63) is 0 Å². The number of carbonyl (C=O) groups is 1. The predicted molar refractivity (Wildman–Crippen MR) is 105 cm³/mol. The molecular formula is C17H35ClO4Si2. The van der Waals surface area contributed by atoms with Crippen LogP contribution in [0, 0.1) is 0 Å². The van der Waals surface area contributed by atoms with E-state index >= 15 is 0 Å². The van der Waals surface area contributed by atoms with Crippen molar-refractivity contribution in [3.63, 3.8) is 0 Å². The van der Waals surface area contributed by atoms with E-state index < -0.39 is 40.2 Å². The molecule has 1 saturated heterocycles. The number of ether oxygens (including phenoxy) is 1. The Morgan fingerprint density at radius 2 is 1.46 bits per heavy atom. The fraction of sp³-hybridized carbons (Fsp3) is 0.941. The molecule has 0 spiro atoms. The number of carbonyl (C=O) groups excluding carboxylic acids is 1. The lowest BCUT2D eigenvalue weighted by Gasteiger charge is -2.40. The Morgan fingerprint density at radius 3 is 1.88 bits per heavy atom. The molecule has 4 nitrogen and oxygen atoms in total. The average Bonchev–Trinajstić information content (AvgIpc) is 2.61. The van der Waals surface area contributed by atoms with Crippen molar-refractivity contribution >= 4 is 34.2 Å². The minimum absolute atomic E-state index is 0.0418. The van der Waals surface area contributed by atoms with Crippen molar-refractivity contribution < 1.29 is 18.4 Å². The van der Waals surface area contributed by atoms with Crippen LogP contribution in [0.5, 0.6) is 0 Å². The van der Waals surface area contributed by atoms with Gasteiger partial charge in [0.15, 0.2) is 28.1 Å². The van der Waals surface area contributed by atoms with Gasteiger partial charge in [-0.1, -0.05) is 41.5 Å². The maximum Gasteiger partial charge on any atom is 0.327 e. The summed E-state index contributed by atoms with van der Waals surface area (Å²) in [4.78, 5) is 12.0. The number of hydrogen-bond donors (Lipinski definition) is 0. The Bertz CT molecular complexity index is 466. The molecule has 0 radical (unpaired) electrons. The van der Waals surface area contributed by atoms with Crippen LogP contribution in [-0.4, -0.2) is 46.8 Å². The van der Waals surface area contributed by atoms with E-state index in [1.807, 2.05) is 0 Å². The maximum atomic E-state index is 12.0. The topological polar surface area (TPSA) is 44.8 Å². The van der Waals surface area contributed by atoms with E-state index in [1.54, 1.807) is 0 Å². The van der Waals surface area contributed by atoms with Crippen LogP contribution in [0.2, 0.25) is 36.3 Å². The van der Waals surface area contributed by atoms with Gasteiger partial charge in [0, 0.05) is 0 Å². The van der Waals surface area contributed by atoms with Gasteiger partial charge in [0.05, 0.1) is 6.61 Å². The molecule has 1 aliphatic heterocycles. The molecule has 1 heterocycles. The summed E-state index contributed by atoms with van der Waals surface area (Å²) in [6, 6.07) is 0. The van der Waals surface area contributed by atoms with Crippen LogP contribution in [0.4, 0.5) is 0 Å². The van der Waals surface area contributed by atoms with Gasteiger partial charge in [0.1, 0.15) is 6.10 Å². The lowest BCUT2D eigenvalue weighted by Crippen LogP contribution is -2.50. The molecule has 1 aliphatic rings. The lowest BCUT2D eigenvalue weighted by molar-refractivity contribution is -0.142. The third kappa shape index (κ3) is 4.84. The van der Waals surface area contributed by atoms with Crippen LogP contribution in [0.25, 0.3) is 0 Å². The number of cyclic esters (lactones) is 1. The Hall–Kier alpha value is 0.114. The third-order valence-corrected chi connectivity index (χ3v) is 15.2. The number of esters is 1. The zero-order valence-corrected chi connectivity index (χ0v) is 19.7. The first-order chi connectivity index (χ1) is 10.5. The highest BCUT2D eigenvalue weighted by atomic mass is 35.5. The van der Waals surface area contributed by atoms with E-state index in [2.05, 4.69) is 67.7 Å². The molecule has 0 N–H and O–H groups in total. The van der Waals surface area contributed by atoms with Crippen molar-refractivity contribution in [1.29, 1.82) is 0 Å². The fourth-order valence-electron chi connectivity index (χ4n) is 1.89. The summed E-state index contributed by atoms with van der Waals surface area (Å²) in [5.41, 5.74) is 0. The van der Waals surface area contributed by atoms with Crippen molar-refractivity contribution in [2.75, 3.05) is 6.61 Å². The lowest BCUT2D eigenvalue weighted by atomic mass is 10.2. The van der Waals surface area contributed by atoms with Gasteiger partial charge in [0.2, 0.25) is 0 Å². The van der Waals surface area contributed by atoms with E-state index in [-0.39, 0.29) is 10.1 Å². The quantitative estimate of drug-likeness (QED) is 0.376. The van der Waals surface area contributed by atoms with Crippen LogP contribution >= 0.6 is 11.6 Å². The van der Waals surface area contributed by atoms with E-state index in [9.17, 15) is 4.79 Å². The standard InChI is InChI=1S/C17H35ClO4Si2/c1-16(2,3)23(7,8)20-11-12-14(13(18)15(19)21-12)22-24(9,10)17(4,5)6/h12-14H,11H2,1-10H3/t12-,13?,14+/m1/s1.